The molecule has 0 aliphatic heterocycles. The van der Waals surface area contributed by atoms with Crippen molar-refractivity contribution in [1.82, 2.24) is 4.57 Å². The average Bonchev–Trinajstić information content (AvgIpc) is 4.23. The van der Waals surface area contributed by atoms with E-state index in [1.807, 2.05) is 12.2 Å². The summed E-state index contributed by atoms with van der Waals surface area (Å²) < 4.78 is 8.60. The molecule has 0 spiro atoms. The zero-order valence-electron chi connectivity index (χ0n) is 46.4. The Morgan fingerprint density at radius 3 is 1.45 bits per heavy atom. The molecule has 398 valence electrons. The minimum absolute atomic E-state index is 0.299. The number of aromatic nitrogens is 1. The molecule has 3 nitrogen and oxygen atoms in total. The third-order valence-corrected chi connectivity index (χ3v) is 16.9. The maximum Gasteiger partial charge on any atom is 0.119 e. The Balaban J connectivity index is 0.766. The Labute approximate surface area is 483 Å². The summed E-state index contributed by atoms with van der Waals surface area (Å²) in [6, 6.07) is 98.0. The molecule has 0 amide bonds. The minimum Gasteiger partial charge on any atom is -0.494 e. The number of unbranched alkanes of at least 4 members (excludes halogenated alkanes) is 5. The van der Waals surface area contributed by atoms with Crippen molar-refractivity contribution in [3.05, 3.63) is 308 Å². The van der Waals surface area contributed by atoms with Crippen LogP contribution < -0.4 is 9.64 Å². The highest BCUT2D eigenvalue weighted by molar-refractivity contribution is 6.11. The van der Waals surface area contributed by atoms with Crippen molar-refractivity contribution < 1.29 is 4.74 Å². The monoisotopic (exact) mass is 1060 g/mol. The third kappa shape index (κ3) is 10.0. The number of hydrogen-bond acceptors (Lipinski definition) is 2. The smallest absolute Gasteiger partial charge is 0.119 e. The molecule has 1 aromatic heterocycles. The Kier molecular flexibility index (Phi) is 14.6. The summed E-state index contributed by atoms with van der Waals surface area (Å²) >= 11 is 0. The zero-order valence-corrected chi connectivity index (χ0v) is 46.4. The van der Waals surface area contributed by atoms with Gasteiger partial charge in [0.15, 0.2) is 0 Å². The number of ether oxygens (including phenoxy) is 1. The fourth-order valence-electron chi connectivity index (χ4n) is 12.8. The molecule has 3 heteroatoms. The summed E-state index contributed by atoms with van der Waals surface area (Å²) in [7, 11) is 0. The van der Waals surface area contributed by atoms with Gasteiger partial charge in [-0.05, 0) is 170 Å². The van der Waals surface area contributed by atoms with E-state index in [-0.39, 0.29) is 5.41 Å². The number of para-hydroxylation sites is 2. The Hall–Kier alpha value is -9.70. The fourth-order valence-corrected chi connectivity index (χ4v) is 12.8. The highest BCUT2D eigenvalue weighted by atomic mass is 16.5. The quantitative estimate of drug-likeness (QED) is 0.0708. The third-order valence-electron chi connectivity index (χ3n) is 16.9. The van der Waals surface area contributed by atoms with Gasteiger partial charge in [0, 0.05) is 38.9 Å². The standard InChI is InChI=1S/C79H66N2O/c1-3-57-30-34-59(35-31-57)60-40-47-70(48-41-60)82-53-21-8-6-5-7-20-52-79(65-22-12-9-13-23-65)75-29-19-18-28-71(75)72-49-46-69(56-76(72)79)80(66-24-14-10-15-25-66)68-44-38-62(39-45-68)64-43-51-78-74(55-64)73-54-63(61-36-32-58(4-2)33-37-61)42-50-77(73)81(78)67-26-16-11-17-27-67/h3-4,9-19,22-51,54-56H,1-2,5-8,20-21,52-53H2. The van der Waals surface area contributed by atoms with E-state index in [1.54, 1.807) is 0 Å². The van der Waals surface area contributed by atoms with Crippen molar-refractivity contribution >= 4 is 51.0 Å². The zero-order chi connectivity index (χ0) is 55.2. The van der Waals surface area contributed by atoms with E-state index in [4.69, 9.17) is 4.74 Å². The molecular formula is C79H66N2O. The summed E-state index contributed by atoms with van der Waals surface area (Å²) in [6.07, 6.45) is 11.7. The lowest BCUT2D eigenvalue weighted by atomic mass is 9.69. The second kappa shape index (κ2) is 23.2. The van der Waals surface area contributed by atoms with Gasteiger partial charge in [0.1, 0.15) is 5.75 Å². The summed E-state index contributed by atoms with van der Waals surface area (Å²) in [6.45, 7) is 8.58. The molecular weight excluding hydrogens is 993 g/mol. The molecule has 1 atom stereocenters. The van der Waals surface area contributed by atoms with E-state index < -0.39 is 0 Å². The highest BCUT2D eigenvalue weighted by Gasteiger charge is 2.44. The molecule has 1 heterocycles. The van der Waals surface area contributed by atoms with E-state index in [9.17, 15) is 0 Å². The van der Waals surface area contributed by atoms with Crippen LogP contribution in [0.2, 0.25) is 0 Å². The average molecular weight is 1060 g/mol. The summed E-state index contributed by atoms with van der Waals surface area (Å²) in [4.78, 5) is 2.44. The molecule has 1 aliphatic carbocycles. The molecule has 0 radical (unpaired) electrons. The van der Waals surface area contributed by atoms with Crippen LogP contribution in [0.5, 0.6) is 5.75 Å². The molecule has 1 unspecified atom stereocenters. The van der Waals surface area contributed by atoms with Crippen LogP contribution in [0.25, 0.3) is 84.2 Å². The molecule has 0 saturated carbocycles. The number of benzene rings is 11. The van der Waals surface area contributed by atoms with E-state index >= 15 is 0 Å². The first-order chi connectivity index (χ1) is 40.6. The van der Waals surface area contributed by atoms with Crippen LogP contribution >= 0.6 is 0 Å². The normalized spacial score (nSPS) is 13.4. The van der Waals surface area contributed by atoms with Gasteiger partial charge in [0.05, 0.1) is 17.6 Å². The second-order valence-electron chi connectivity index (χ2n) is 21.8. The lowest BCUT2D eigenvalue weighted by molar-refractivity contribution is 0.304. The fraction of sp³-hybridized carbons (Fsp3) is 0.114. The van der Waals surface area contributed by atoms with Crippen molar-refractivity contribution in [3.63, 3.8) is 0 Å². The topological polar surface area (TPSA) is 17.4 Å². The van der Waals surface area contributed by atoms with Crippen LogP contribution in [0, 0.1) is 0 Å². The first-order valence-electron chi connectivity index (χ1n) is 29.1. The van der Waals surface area contributed by atoms with Crippen molar-refractivity contribution in [2.45, 2.75) is 50.4 Å². The van der Waals surface area contributed by atoms with E-state index in [0.29, 0.717) is 0 Å². The number of hydrogen-bond donors (Lipinski definition) is 0. The molecule has 0 N–H and O–H groups in total. The first-order valence-corrected chi connectivity index (χ1v) is 29.1. The number of nitrogens with zero attached hydrogens (tertiary/aromatic N) is 2. The van der Waals surface area contributed by atoms with Crippen molar-refractivity contribution in [3.8, 4) is 55.9 Å². The predicted octanol–water partition coefficient (Wildman–Crippen LogP) is 21.7. The largest absolute Gasteiger partial charge is 0.494 e. The van der Waals surface area contributed by atoms with Crippen molar-refractivity contribution in [2.75, 3.05) is 11.5 Å². The van der Waals surface area contributed by atoms with Gasteiger partial charge in [0.2, 0.25) is 0 Å². The van der Waals surface area contributed by atoms with E-state index in [0.717, 1.165) is 71.9 Å². The number of fused-ring (bicyclic) bond motifs is 6. The maximum atomic E-state index is 6.20. The molecule has 0 saturated heterocycles. The van der Waals surface area contributed by atoms with Crippen LogP contribution in [-0.2, 0) is 5.41 Å². The molecule has 0 fully saturated rings. The van der Waals surface area contributed by atoms with E-state index in [1.165, 1.54) is 102 Å². The van der Waals surface area contributed by atoms with Crippen LogP contribution in [0.1, 0.15) is 72.8 Å². The van der Waals surface area contributed by atoms with Crippen LogP contribution in [-0.4, -0.2) is 11.2 Å². The van der Waals surface area contributed by atoms with Gasteiger partial charge in [-0.1, -0.05) is 239 Å². The van der Waals surface area contributed by atoms with Crippen molar-refractivity contribution in [2.24, 2.45) is 0 Å². The first kappa shape index (κ1) is 51.7. The molecule has 11 aromatic carbocycles. The van der Waals surface area contributed by atoms with Crippen LogP contribution in [0.15, 0.2) is 280 Å². The van der Waals surface area contributed by atoms with Gasteiger partial charge >= 0.3 is 0 Å². The second-order valence-corrected chi connectivity index (χ2v) is 21.8. The molecule has 12 aromatic rings. The van der Waals surface area contributed by atoms with E-state index in [2.05, 4.69) is 290 Å². The Morgan fingerprint density at radius 2 is 0.841 bits per heavy atom. The molecule has 13 rings (SSSR count). The Morgan fingerprint density at radius 1 is 0.378 bits per heavy atom. The lowest BCUT2D eigenvalue weighted by Crippen LogP contribution is -2.27. The van der Waals surface area contributed by atoms with Gasteiger partial charge < -0.3 is 14.2 Å². The number of rotatable bonds is 20. The highest BCUT2D eigenvalue weighted by Crippen LogP contribution is 2.56. The van der Waals surface area contributed by atoms with Gasteiger partial charge in [-0.2, -0.15) is 0 Å². The van der Waals surface area contributed by atoms with Crippen LogP contribution in [0.4, 0.5) is 17.1 Å². The van der Waals surface area contributed by atoms with Gasteiger partial charge in [-0.15, -0.1) is 0 Å². The minimum atomic E-state index is -0.299. The van der Waals surface area contributed by atoms with Gasteiger partial charge in [0.25, 0.3) is 0 Å². The summed E-state index contributed by atoms with van der Waals surface area (Å²) in [5.41, 5.74) is 22.8. The van der Waals surface area contributed by atoms with Gasteiger partial charge in [-0.25, -0.2) is 0 Å². The Bertz CT molecular complexity index is 4180. The molecule has 0 bridgehead atoms. The maximum absolute atomic E-state index is 6.20. The van der Waals surface area contributed by atoms with Gasteiger partial charge in [-0.3, -0.25) is 0 Å². The molecule has 82 heavy (non-hydrogen) atoms. The lowest BCUT2D eigenvalue weighted by Gasteiger charge is -2.34. The summed E-state index contributed by atoms with van der Waals surface area (Å²) in [5.74, 6) is 0.929. The number of anilines is 3. The summed E-state index contributed by atoms with van der Waals surface area (Å²) in [5, 5.41) is 2.45. The molecule has 1 aliphatic rings. The predicted molar refractivity (Wildman–Crippen MR) is 348 cm³/mol. The van der Waals surface area contributed by atoms with Crippen LogP contribution in [0.3, 0.4) is 0 Å². The SMILES string of the molecule is C=Cc1ccc(-c2ccc(OCCCCCCCCC3(c4ccccc4)c4ccccc4-c4ccc(N(c5ccccc5)c5ccc(-c6ccc7c(c6)c6cc(-c8ccc(C=C)cc8)ccc6n7-c6ccccc6)cc5)cc43)cc2)cc1. The van der Waals surface area contributed by atoms with Crippen molar-refractivity contribution in [1.29, 1.82) is 0 Å².